The quantitative estimate of drug-likeness (QED) is 0.839. The predicted molar refractivity (Wildman–Crippen MR) is 81.1 cm³/mol. The van der Waals surface area contributed by atoms with Crippen molar-refractivity contribution in [1.29, 1.82) is 0 Å². The molecule has 2 aromatic rings. The fraction of sp³-hybridized carbons (Fsp3) is 0.308. The van der Waals surface area contributed by atoms with E-state index >= 15 is 0 Å². The molecule has 0 saturated carbocycles. The number of aromatic nitrogens is 3. The second kappa shape index (κ2) is 7.40. The molecule has 2 rings (SSSR count). The molecule has 0 aliphatic heterocycles. The van der Waals surface area contributed by atoms with Crippen molar-refractivity contribution in [3.05, 3.63) is 45.7 Å². The summed E-state index contributed by atoms with van der Waals surface area (Å²) in [5, 5.41) is 11.6. The van der Waals surface area contributed by atoms with Gasteiger partial charge in [-0.05, 0) is 24.1 Å². The zero-order valence-corrected chi connectivity index (χ0v) is 12.7. The van der Waals surface area contributed by atoms with Crippen LogP contribution < -0.4 is 11.1 Å². The molecule has 0 fully saturated rings. The van der Waals surface area contributed by atoms with Crippen molar-refractivity contribution in [2.24, 2.45) is 5.73 Å². The highest BCUT2D eigenvalue weighted by Gasteiger charge is 2.06. The van der Waals surface area contributed by atoms with Crippen molar-refractivity contribution < 1.29 is 4.79 Å². The Morgan fingerprint density at radius 2 is 2.19 bits per heavy atom. The first-order valence-corrected chi connectivity index (χ1v) is 7.14. The number of carbonyl (C=O) groups excluding carboxylic acids is 1. The van der Waals surface area contributed by atoms with Crippen LogP contribution in [0.3, 0.4) is 0 Å². The number of amides is 1. The summed E-state index contributed by atoms with van der Waals surface area (Å²) >= 11 is 11.9. The molecule has 0 radical (unpaired) electrons. The van der Waals surface area contributed by atoms with Gasteiger partial charge in [0.1, 0.15) is 6.54 Å². The highest BCUT2D eigenvalue weighted by molar-refractivity contribution is 6.35. The molecule has 0 bridgehead atoms. The Bertz CT molecular complexity index is 629. The molecule has 3 N–H and O–H groups in total. The fourth-order valence-corrected chi connectivity index (χ4v) is 2.28. The normalized spacial score (nSPS) is 10.6. The van der Waals surface area contributed by atoms with Crippen molar-refractivity contribution in [2.45, 2.75) is 19.5 Å². The summed E-state index contributed by atoms with van der Waals surface area (Å²) in [6, 6.07) is 5.31. The minimum atomic E-state index is -0.145. The molecule has 1 heterocycles. The Balaban J connectivity index is 1.78. The number of rotatable bonds is 6. The van der Waals surface area contributed by atoms with Gasteiger partial charge in [0.15, 0.2) is 0 Å². The minimum Gasteiger partial charge on any atom is -0.354 e. The minimum absolute atomic E-state index is 0.112. The molecule has 21 heavy (non-hydrogen) atoms. The molecule has 0 aliphatic rings. The second-order valence-electron chi connectivity index (χ2n) is 4.45. The number of nitrogens with one attached hydrogen (secondary N) is 1. The Morgan fingerprint density at radius 1 is 1.38 bits per heavy atom. The SMILES string of the molecule is NCc1cn(CC(=O)NCCc2ccc(Cl)cc2Cl)nn1. The van der Waals surface area contributed by atoms with Crippen LogP contribution in [-0.2, 0) is 24.3 Å². The Morgan fingerprint density at radius 3 is 2.86 bits per heavy atom. The van der Waals surface area contributed by atoms with Crippen LogP contribution in [0.2, 0.25) is 10.0 Å². The van der Waals surface area contributed by atoms with Crippen LogP contribution in [0.1, 0.15) is 11.3 Å². The van der Waals surface area contributed by atoms with E-state index in [1.54, 1.807) is 18.3 Å². The summed E-state index contributed by atoms with van der Waals surface area (Å²) in [6.07, 6.45) is 2.28. The average molecular weight is 328 g/mol. The van der Waals surface area contributed by atoms with Gasteiger partial charge in [-0.1, -0.05) is 34.5 Å². The molecule has 8 heteroatoms. The number of hydrogen-bond acceptors (Lipinski definition) is 4. The van der Waals surface area contributed by atoms with Gasteiger partial charge < -0.3 is 11.1 Å². The molecule has 0 aliphatic carbocycles. The van der Waals surface area contributed by atoms with E-state index in [-0.39, 0.29) is 12.5 Å². The van der Waals surface area contributed by atoms with E-state index in [1.165, 1.54) is 4.68 Å². The summed E-state index contributed by atoms with van der Waals surface area (Å²) < 4.78 is 1.45. The van der Waals surface area contributed by atoms with Crippen LogP contribution >= 0.6 is 23.2 Å². The third-order valence-electron chi connectivity index (χ3n) is 2.83. The van der Waals surface area contributed by atoms with Crippen molar-refractivity contribution in [3.8, 4) is 0 Å². The molecule has 1 amide bonds. The van der Waals surface area contributed by atoms with E-state index in [0.717, 1.165) is 5.56 Å². The molecule has 0 atom stereocenters. The lowest BCUT2D eigenvalue weighted by molar-refractivity contribution is -0.121. The lowest BCUT2D eigenvalue weighted by atomic mass is 10.1. The lowest BCUT2D eigenvalue weighted by Crippen LogP contribution is -2.29. The van der Waals surface area contributed by atoms with Gasteiger partial charge >= 0.3 is 0 Å². The van der Waals surface area contributed by atoms with E-state index in [2.05, 4.69) is 15.6 Å². The zero-order valence-electron chi connectivity index (χ0n) is 11.2. The van der Waals surface area contributed by atoms with Crippen LogP contribution in [0.4, 0.5) is 0 Å². The topological polar surface area (TPSA) is 85.8 Å². The van der Waals surface area contributed by atoms with Gasteiger partial charge in [0.25, 0.3) is 0 Å². The maximum atomic E-state index is 11.8. The first-order valence-electron chi connectivity index (χ1n) is 6.38. The first-order chi connectivity index (χ1) is 10.1. The summed E-state index contributed by atoms with van der Waals surface area (Å²) in [5.74, 6) is -0.145. The Labute approximate surface area is 132 Å². The highest BCUT2D eigenvalue weighted by Crippen LogP contribution is 2.20. The van der Waals surface area contributed by atoms with E-state index < -0.39 is 0 Å². The monoisotopic (exact) mass is 327 g/mol. The van der Waals surface area contributed by atoms with Crippen LogP contribution in [0.25, 0.3) is 0 Å². The van der Waals surface area contributed by atoms with Gasteiger partial charge in [0.2, 0.25) is 5.91 Å². The number of nitrogens with two attached hydrogens (primary N) is 1. The van der Waals surface area contributed by atoms with Crippen LogP contribution in [0.5, 0.6) is 0 Å². The van der Waals surface area contributed by atoms with Gasteiger partial charge in [0, 0.05) is 23.1 Å². The molecule has 0 spiro atoms. The lowest BCUT2D eigenvalue weighted by Gasteiger charge is -2.07. The van der Waals surface area contributed by atoms with Gasteiger partial charge in [-0.15, -0.1) is 5.10 Å². The summed E-state index contributed by atoms with van der Waals surface area (Å²) in [6.45, 7) is 0.899. The maximum Gasteiger partial charge on any atom is 0.241 e. The average Bonchev–Trinajstić information content (AvgIpc) is 2.89. The molecule has 1 aromatic heterocycles. The molecular weight excluding hydrogens is 313 g/mol. The van der Waals surface area contributed by atoms with E-state index in [9.17, 15) is 4.79 Å². The third kappa shape index (κ3) is 4.70. The molecule has 0 saturated heterocycles. The van der Waals surface area contributed by atoms with Gasteiger partial charge in [-0.3, -0.25) is 4.79 Å². The van der Waals surface area contributed by atoms with E-state index in [1.807, 2.05) is 6.07 Å². The highest BCUT2D eigenvalue weighted by atomic mass is 35.5. The summed E-state index contributed by atoms with van der Waals surface area (Å²) in [7, 11) is 0. The molecule has 6 nitrogen and oxygen atoms in total. The predicted octanol–water partition coefficient (Wildman–Crippen LogP) is 1.40. The van der Waals surface area contributed by atoms with Crippen molar-refractivity contribution in [1.82, 2.24) is 20.3 Å². The number of halogens is 2. The van der Waals surface area contributed by atoms with Crippen LogP contribution in [-0.4, -0.2) is 27.4 Å². The second-order valence-corrected chi connectivity index (χ2v) is 5.29. The number of hydrogen-bond donors (Lipinski definition) is 2. The van der Waals surface area contributed by atoms with Gasteiger partial charge in [-0.25, -0.2) is 4.68 Å². The molecule has 1 aromatic carbocycles. The summed E-state index contributed by atoms with van der Waals surface area (Å²) in [5.41, 5.74) is 7.01. The number of carbonyl (C=O) groups is 1. The van der Waals surface area contributed by atoms with Crippen molar-refractivity contribution >= 4 is 29.1 Å². The Kier molecular flexibility index (Phi) is 5.55. The number of benzene rings is 1. The molecule has 0 unspecified atom stereocenters. The fourth-order valence-electron chi connectivity index (χ4n) is 1.77. The zero-order chi connectivity index (χ0) is 15.2. The van der Waals surface area contributed by atoms with Crippen LogP contribution in [0, 0.1) is 0 Å². The first kappa shape index (κ1) is 15.8. The van der Waals surface area contributed by atoms with Crippen LogP contribution in [0.15, 0.2) is 24.4 Å². The van der Waals surface area contributed by atoms with Crippen molar-refractivity contribution in [3.63, 3.8) is 0 Å². The van der Waals surface area contributed by atoms with E-state index in [0.29, 0.717) is 35.2 Å². The third-order valence-corrected chi connectivity index (χ3v) is 3.42. The smallest absolute Gasteiger partial charge is 0.241 e. The van der Waals surface area contributed by atoms with Gasteiger partial charge in [0.05, 0.1) is 11.9 Å². The molecule has 112 valence electrons. The summed E-state index contributed by atoms with van der Waals surface area (Å²) in [4.78, 5) is 11.8. The van der Waals surface area contributed by atoms with Gasteiger partial charge in [-0.2, -0.15) is 0 Å². The standard InChI is InChI=1S/C13H15Cl2N5O/c14-10-2-1-9(12(15)5-10)3-4-17-13(21)8-20-7-11(6-16)18-19-20/h1-2,5,7H,3-4,6,8,16H2,(H,17,21). The van der Waals surface area contributed by atoms with E-state index in [4.69, 9.17) is 28.9 Å². The molecular formula is C13H15Cl2N5O. The largest absolute Gasteiger partial charge is 0.354 e. The van der Waals surface area contributed by atoms with Crippen molar-refractivity contribution in [2.75, 3.05) is 6.54 Å². The number of nitrogens with zero attached hydrogens (tertiary/aromatic N) is 3. The Hall–Kier alpha value is -1.63. The maximum absolute atomic E-state index is 11.8.